The number of benzene rings is 1. The Morgan fingerprint density at radius 2 is 2.10 bits per heavy atom. The lowest BCUT2D eigenvalue weighted by molar-refractivity contribution is -0.122. The SMILES string of the molecule is CCc1scnc1Cn1c(=O)c(C#CC(=O)N(C)C)cc2cnc(Nc3ccc(C4CNCCO4)cc3)nc21. The first-order chi connectivity index (χ1) is 18.9. The van der Waals surface area contributed by atoms with E-state index in [0.717, 1.165) is 41.3 Å². The number of hydrogen-bond acceptors (Lipinski definition) is 9. The Morgan fingerprint density at radius 3 is 2.82 bits per heavy atom. The quantitative estimate of drug-likeness (QED) is 0.357. The molecule has 200 valence electrons. The van der Waals surface area contributed by atoms with Crippen LogP contribution in [0.4, 0.5) is 11.6 Å². The molecule has 1 unspecified atom stereocenters. The predicted molar refractivity (Wildman–Crippen MR) is 151 cm³/mol. The molecule has 1 aliphatic rings. The smallest absolute Gasteiger partial charge is 0.298 e. The number of anilines is 2. The number of ether oxygens (including phenoxy) is 1. The minimum atomic E-state index is -0.387. The Hall–Kier alpha value is -4.11. The first-order valence-corrected chi connectivity index (χ1v) is 13.6. The first-order valence-electron chi connectivity index (χ1n) is 12.7. The van der Waals surface area contributed by atoms with Crippen LogP contribution < -0.4 is 16.2 Å². The highest BCUT2D eigenvalue weighted by Crippen LogP contribution is 2.23. The summed E-state index contributed by atoms with van der Waals surface area (Å²) in [4.78, 5) is 41.7. The molecule has 10 nitrogen and oxygen atoms in total. The molecule has 1 aromatic carbocycles. The maximum absolute atomic E-state index is 13.6. The minimum absolute atomic E-state index is 0.0307. The van der Waals surface area contributed by atoms with Crippen molar-refractivity contribution in [1.29, 1.82) is 0 Å². The maximum atomic E-state index is 13.6. The average molecular weight is 544 g/mol. The van der Waals surface area contributed by atoms with Crippen LogP contribution in [0.1, 0.15) is 34.7 Å². The molecule has 1 amide bonds. The standard InChI is InChI=1S/C28H29N7O3S/c1-4-24-22(31-17-39-24)16-35-26-20(13-19(27(35)37)7-10-25(36)34(2)3)14-30-28(33-26)32-21-8-5-18(6-9-21)23-15-29-11-12-38-23/h5-6,8-9,13-14,17,23,29H,4,11-12,15-16H2,1-3H3,(H,30,32,33). The number of fused-ring (bicyclic) bond motifs is 1. The normalized spacial score (nSPS) is 15.0. The van der Waals surface area contributed by atoms with Crippen molar-refractivity contribution in [2.75, 3.05) is 39.1 Å². The van der Waals surface area contributed by atoms with Crippen molar-refractivity contribution in [1.82, 2.24) is 29.7 Å². The molecule has 1 saturated heterocycles. The summed E-state index contributed by atoms with van der Waals surface area (Å²) in [5, 5.41) is 7.21. The Bertz CT molecular complexity index is 1610. The number of rotatable bonds is 6. The fraction of sp³-hybridized carbons (Fsp3) is 0.321. The van der Waals surface area contributed by atoms with Crippen molar-refractivity contribution in [3.63, 3.8) is 0 Å². The van der Waals surface area contributed by atoms with Gasteiger partial charge in [0, 0.05) is 55.3 Å². The molecule has 1 fully saturated rings. The summed E-state index contributed by atoms with van der Waals surface area (Å²) in [5.74, 6) is 5.24. The summed E-state index contributed by atoms with van der Waals surface area (Å²) in [6, 6.07) is 9.58. The zero-order chi connectivity index (χ0) is 27.4. The van der Waals surface area contributed by atoms with Crippen LogP contribution in [0.25, 0.3) is 11.0 Å². The van der Waals surface area contributed by atoms with Gasteiger partial charge in [0.2, 0.25) is 5.95 Å². The van der Waals surface area contributed by atoms with Crippen LogP contribution in [0, 0.1) is 11.8 Å². The maximum Gasteiger partial charge on any atom is 0.298 e. The summed E-state index contributed by atoms with van der Waals surface area (Å²) in [6.45, 7) is 4.63. The number of carbonyl (C=O) groups is 1. The van der Waals surface area contributed by atoms with E-state index in [1.165, 1.54) is 4.90 Å². The largest absolute Gasteiger partial charge is 0.371 e. The molecule has 0 radical (unpaired) electrons. The average Bonchev–Trinajstić information content (AvgIpc) is 3.41. The lowest BCUT2D eigenvalue weighted by atomic mass is 10.1. The second-order valence-electron chi connectivity index (χ2n) is 9.26. The number of thiazole rings is 1. The van der Waals surface area contributed by atoms with Gasteiger partial charge in [-0.2, -0.15) is 4.98 Å². The number of amides is 1. The molecule has 1 atom stereocenters. The number of hydrogen-bond donors (Lipinski definition) is 2. The van der Waals surface area contributed by atoms with Gasteiger partial charge in [-0.3, -0.25) is 14.2 Å². The Balaban J connectivity index is 1.50. The van der Waals surface area contributed by atoms with Gasteiger partial charge in [-0.15, -0.1) is 11.3 Å². The first kappa shape index (κ1) is 26.5. The van der Waals surface area contributed by atoms with Crippen LogP contribution >= 0.6 is 11.3 Å². The summed E-state index contributed by atoms with van der Waals surface area (Å²) in [5.41, 5.74) is 4.81. The topological polar surface area (TPSA) is 114 Å². The van der Waals surface area contributed by atoms with Crippen molar-refractivity contribution < 1.29 is 9.53 Å². The van der Waals surface area contributed by atoms with E-state index >= 15 is 0 Å². The molecule has 1 aliphatic heterocycles. The van der Waals surface area contributed by atoms with E-state index in [2.05, 4.69) is 39.4 Å². The molecule has 4 aromatic rings. The molecule has 0 bridgehead atoms. The third-order valence-corrected chi connectivity index (χ3v) is 7.38. The van der Waals surface area contributed by atoms with Gasteiger partial charge < -0.3 is 20.3 Å². The van der Waals surface area contributed by atoms with E-state index in [1.807, 2.05) is 24.3 Å². The number of aromatic nitrogens is 4. The number of pyridine rings is 1. The molecule has 4 heterocycles. The monoisotopic (exact) mass is 543 g/mol. The number of morpholine rings is 1. The van der Waals surface area contributed by atoms with Crippen molar-refractivity contribution in [2.45, 2.75) is 26.0 Å². The number of aryl methyl sites for hydroxylation is 1. The molecule has 39 heavy (non-hydrogen) atoms. The molecular formula is C28H29N7O3S. The van der Waals surface area contributed by atoms with Crippen molar-refractivity contribution >= 4 is 39.9 Å². The second kappa shape index (κ2) is 11.7. The van der Waals surface area contributed by atoms with E-state index in [1.54, 1.807) is 47.8 Å². The molecule has 11 heteroatoms. The molecule has 5 rings (SSSR count). The molecule has 3 aromatic heterocycles. The summed E-state index contributed by atoms with van der Waals surface area (Å²) in [7, 11) is 3.22. The van der Waals surface area contributed by atoms with E-state index in [0.29, 0.717) is 23.6 Å². The van der Waals surface area contributed by atoms with Crippen LogP contribution in [0.2, 0.25) is 0 Å². The van der Waals surface area contributed by atoms with Crippen LogP contribution in [0.3, 0.4) is 0 Å². The van der Waals surface area contributed by atoms with Crippen LogP contribution in [0.5, 0.6) is 0 Å². The molecule has 2 N–H and O–H groups in total. The van der Waals surface area contributed by atoms with Crippen LogP contribution in [-0.2, 0) is 22.5 Å². The van der Waals surface area contributed by atoms with Gasteiger partial charge in [0.25, 0.3) is 11.5 Å². The molecule has 0 aliphatic carbocycles. The van der Waals surface area contributed by atoms with Gasteiger partial charge in [-0.05, 0) is 30.2 Å². The predicted octanol–water partition coefficient (Wildman–Crippen LogP) is 2.70. The highest BCUT2D eigenvalue weighted by molar-refractivity contribution is 7.09. The molecule has 0 spiro atoms. The summed E-state index contributed by atoms with van der Waals surface area (Å²) < 4.78 is 7.38. The van der Waals surface area contributed by atoms with Gasteiger partial charge in [0.1, 0.15) is 5.65 Å². The van der Waals surface area contributed by atoms with Crippen molar-refractivity contribution in [3.05, 3.63) is 74.1 Å². The van der Waals surface area contributed by atoms with Gasteiger partial charge in [-0.25, -0.2) is 9.97 Å². The molecular weight excluding hydrogens is 514 g/mol. The van der Waals surface area contributed by atoms with Gasteiger partial charge in [0.15, 0.2) is 0 Å². The summed E-state index contributed by atoms with van der Waals surface area (Å²) in [6.07, 6.45) is 2.49. The van der Waals surface area contributed by atoms with Crippen LogP contribution in [0.15, 0.2) is 46.8 Å². The number of nitrogens with zero attached hydrogens (tertiary/aromatic N) is 5. The zero-order valence-corrected chi connectivity index (χ0v) is 22.8. The highest BCUT2D eigenvalue weighted by atomic mass is 32.1. The summed E-state index contributed by atoms with van der Waals surface area (Å²) >= 11 is 1.56. The van der Waals surface area contributed by atoms with Crippen molar-refractivity contribution in [2.24, 2.45) is 0 Å². The number of nitrogens with one attached hydrogen (secondary N) is 2. The Kier molecular flexibility index (Phi) is 7.97. The second-order valence-corrected chi connectivity index (χ2v) is 10.2. The fourth-order valence-electron chi connectivity index (χ4n) is 4.24. The lowest BCUT2D eigenvalue weighted by Crippen LogP contribution is -2.33. The van der Waals surface area contributed by atoms with Gasteiger partial charge in [0.05, 0.1) is 36.0 Å². The van der Waals surface area contributed by atoms with Gasteiger partial charge in [-0.1, -0.05) is 25.0 Å². The Labute approximate surface area is 230 Å². The highest BCUT2D eigenvalue weighted by Gasteiger charge is 2.17. The third kappa shape index (κ3) is 5.98. The zero-order valence-electron chi connectivity index (χ0n) is 22.0. The minimum Gasteiger partial charge on any atom is -0.371 e. The van der Waals surface area contributed by atoms with E-state index < -0.39 is 0 Å². The fourth-order valence-corrected chi connectivity index (χ4v) is 4.96. The van der Waals surface area contributed by atoms with E-state index in [4.69, 9.17) is 9.72 Å². The van der Waals surface area contributed by atoms with E-state index in [-0.39, 0.29) is 29.7 Å². The lowest BCUT2D eigenvalue weighted by Gasteiger charge is -2.24. The van der Waals surface area contributed by atoms with E-state index in [9.17, 15) is 9.59 Å². The third-order valence-electron chi connectivity index (χ3n) is 6.36. The van der Waals surface area contributed by atoms with Crippen molar-refractivity contribution in [3.8, 4) is 11.8 Å². The number of carbonyl (C=O) groups excluding carboxylic acids is 1. The van der Waals surface area contributed by atoms with Crippen LogP contribution in [-0.4, -0.2) is 64.1 Å². The Morgan fingerprint density at radius 1 is 1.28 bits per heavy atom. The molecule has 0 saturated carbocycles. The van der Waals surface area contributed by atoms with Gasteiger partial charge >= 0.3 is 0 Å².